The summed E-state index contributed by atoms with van der Waals surface area (Å²) in [5, 5.41) is 12.0. The number of fused-ring (bicyclic) bond motifs is 1. The van der Waals surface area contributed by atoms with E-state index in [0.29, 0.717) is 38.2 Å². The van der Waals surface area contributed by atoms with Gasteiger partial charge in [0.1, 0.15) is 17.3 Å². The minimum atomic E-state index is -0.123. The molecule has 0 radical (unpaired) electrons. The number of amides is 1. The average Bonchev–Trinajstić information content (AvgIpc) is 3.22. The molecule has 0 bridgehead atoms. The van der Waals surface area contributed by atoms with Gasteiger partial charge in [-0.3, -0.25) is 14.0 Å². The molecule has 1 aromatic carbocycles. The molecule has 3 heterocycles. The van der Waals surface area contributed by atoms with Gasteiger partial charge in [-0.2, -0.15) is 10.2 Å². The number of methoxy groups -OCH3 is 1. The molecular formula is C22H28N6O3. The molecule has 31 heavy (non-hydrogen) atoms. The van der Waals surface area contributed by atoms with Crippen LogP contribution in [0.1, 0.15) is 47.3 Å². The summed E-state index contributed by atoms with van der Waals surface area (Å²) >= 11 is 0. The Hall–Kier alpha value is -3.36. The van der Waals surface area contributed by atoms with Gasteiger partial charge in [0.15, 0.2) is 0 Å². The third-order valence-corrected chi connectivity index (χ3v) is 5.65. The molecule has 164 valence electrons. The van der Waals surface area contributed by atoms with Crippen molar-refractivity contribution in [2.24, 2.45) is 0 Å². The van der Waals surface area contributed by atoms with Gasteiger partial charge < -0.3 is 10.1 Å². The first-order valence-corrected chi connectivity index (χ1v) is 10.6. The van der Waals surface area contributed by atoms with E-state index in [0.717, 1.165) is 29.3 Å². The summed E-state index contributed by atoms with van der Waals surface area (Å²) in [5.41, 5.74) is 2.24. The van der Waals surface area contributed by atoms with Crippen LogP contribution in [0.4, 0.5) is 0 Å². The zero-order valence-corrected chi connectivity index (χ0v) is 18.2. The highest BCUT2D eigenvalue weighted by Gasteiger charge is 2.23. The lowest BCUT2D eigenvalue weighted by atomic mass is 10.1. The largest absolute Gasteiger partial charge is 0.497 e. The number of hydrogen-bond acceptors (Lipinski definition) is 5. The number of nitrogens with zero attached hydrogens (tertiary/aromatic N) is 5. The second-order valence-corrected chi connectivity index (χ2v) is 7.84. The standard InChI is InChI=1S/C22H28N6O3/c1-4-27-19(12-15(2)24-27)21(29)23-17-8-9-20-25-28(22(30)26(20)11-10-17)14-16-6-5-7-18(13-16)31-3/h5-7,12-13,17H,4,8-11,14H2,1-3H3,(H,23,29). The first kappa shape index (κ1) is 20.9. The number of hydrogen-bond donors (Lipinski definition) is 1. The van der Waals surface area contributed by atoms with Crippen LogP contribution >= 0.6 is 0 Å². The Bertz CT molecular complexity index is 1140. The Labute approximate surface area is 180 Å². The van der Waals surface area contributed by atoms with E-state index >= 15 is 0 Å². The molecule has 1 amide bonds. The van der Waals surface area contributed by atoms with Gasteiger partial charge >= 0.3 is 5.69 Å². The second kappa shape index (κ2) is 8.79. The van der Waals surface area contributed by atoms with Crippen LogP contribution in [0.5, 0.6) is 5.75 Å². The van der Waals surface area contributed by atoms with Crippen molar-refractivity contribution >= 4 is 5.91 Å². The molecular weight excluding hydrogens is 396 g/mol. The Morgan fingerprint density at radius 1 is 1.23 bits per heavy atom. The summed E-state index contributed by atoms with van der Waals surface area (Å²) in [7, 11) is 1.62. The zero-order valence-electron chi connectivity index (χ0n) is 18.2. The van der Waals surface area contributed by atoms with Crippen molar-refractivity contribution in [1.29, 1.82) is 0 Å². The molecule has 9 nitrogen and oxygen atoms in total. The maximum atomic E-state index is 12.9. The van der Waals surface area contributed by atoms with E-state index in [4.69, 9.17) is 4.74 Å². The van der Waals surface area contributed by atoms with E-state index in [-0.39, 0.29) is 17.6 Å². The van der Waals surface area contributed by atoms with Gasteiger partial charge in [0.25, 0.3) is 5.91 Å². The molecule has 1 aliphatic rings. The van der Waals surface area contributed by atoms with E-state index in [9.17, 15) is 9.59 Å². The Morgan fingerprint density at radius 3 is 2.84 bits per heavy atom. The number of rotatable bonds is 6. The highest BCUT2D eigenvalue weighted by atomic mass is 16.5. The van der Waals surface area contributed by atoms with Crippen molar-refractivity contribution in [3.05, 3.63) is 63.6 Å². The molecule has 1 unspecified atom stereocenters. The van der Waals surface area contributed by atoms with Crippen LogP contribution in [0, 0.1) is 6.92 Å². The van der Waals surface area contributed by atoms with Gasteiger partial charge in [-0.15, -0.1) is 0 Å². The molecule has 1 atom stereocenters. The van der Waals surface area contributed by atoms with Crippen molar-refractivity contribution in [2.45, 2.75) is 58.8 Å². The summed E-state index contributed by atoms with van der Waals surface area (Å²) in [6, 6.07) is 9.43. The molecule has 0 fully saturated rings. The number of aryl methyl sites for hydroxylation is 3. The molecule has 1 aliphatic heterocycles. The van der Waals surface area contributed by atoms with Gasteiger partial charge in [0.2, 0.25) is 0 Å². The molecule has 0 saturated carbocycles. The van der Waals surface area contributed by atoms with E-state index < -0.39 is 0 Å². The number of aromatic nitrogens is 5. The highest BCUT2D eigenvalue weighted by molar-refractivity contribution is 5.92. The third kappa shape index (κ3) is 4.40. The Balaban J connectivity index is 1.44. The Morgan fingerprint density at radius 2 is 2.06 bits per heavy atom. The minimum Gasteiger partial charge on any atom is -0.497 e. The van der Waals surface area contributed by atoms with Crippen LogP contribution in [0.3, 0.4) is 0 Å². The smallest absolute Gasteiger partial charge is 0.346 e. The molecule has 4 rings (SSSR count). The maximum absolute atomic E-state index is 12.9. The minimum absolute atomic E-state index is 0.0130. The van der Waals surface area contributed by atoms with Gasteiger partial charge in [-0.05, 0) is 50.5 Å². The summed E-state index contributed by atoms with van der Waals surface area (Å²) in [4.78, 5) is 25.6. The lowest BCUT2D eigenvalue weighted by molar-refractivity contribution is 0.0922. The van der Waals surface area contributed by atoms with Crippen molar-refractivity contribution in [3.63, 3.8) is 0 Å². The van der Waals surface area contributed by atoms with E-state index in [2.05, 4.69) is 15.5 Å². The SMILES string of the molecule is CCn1nc(C)cc1C(=O)NC1CCc2nn(Cc3cccc(OC)c3)c(=O)n2CC1. The molecule has 1 N–H and O–H groups in total. The molecule has 0 aliphatic carbocycles. The number of ether oxygens (including phenoxy) is 1. The van der Waals surface area contributed by atoms with Crippen LogP contribution in [0.2, 0.25) is 0 Å². The quantitative estimate of drug-likeness (QED) is 0.651. The second-order valence-electron chi connectivity index (χ2n) is 7.84. The molecule has 3 aromatic rings. The van der Waals surface area contributed by atoms with Crippen LogP contribution < -0.4 is 15.7 Å². The first-order chi connectivity index (χ1) is 15.0. The number of carbonyl (C=O) groups excluding carboxylic acids is 1. The fourth-order valence-electron chi connectivity index (χ4n) is 4.05. The molecule has 0 saturated heterocycles. The highest BCUT2D eigenvalue weighted by Crippen LogP contribution is 2.15. The van der Waals surface area contributed by atoms with Crippen LogP contribution in [-0.4, -0.2) is 43.2 Å². The fourth-order valence-corrected chi connectivity index (χ4v) is 4.05. The lowest BCUT2D eigenvalue weighted by Gasteiger charge is -2.16. The van der Waals surface area contributed by atoms with Crippen molar-refractivity contribution in [1.82, 2.24) is 29.4 Å². The summed E-state index contributed by atoms with van der Waals surface area (Å²) in [5.74, 6) is 1.39. The van der Waals surface area contributed by atoms with E-state index in [1.165, 1.54) is 4.68 Å². The van der Waals surface area contributed by atoms with Crippen molar-refractivity contribution in [3.8, 4) is 5.75 Å². The zero-order chi connectivity index (χ0) is 22.0. The number of nitrogens with one attached hydrogen (secondary N) is 1. The third-order valence-electron chi connectivity index (χ3n) is 5.65. The number of benzene rings is 1. The predicted molar refractivity (Wildman–Crippen MR) is 115 cm³/mol. The van der Waals surface area contributed by atoms with Crippen molar-refractivity contribution in [2.75, 3.05) is 7.11 Å². The molecule has 2 aromatic heterocycles. The van der Waals surface area contributed by atoms with Gasteiger partial charge in [-0.25, -0.2) is 9.48 Å². The maximum Gasteiger partial charge on any atom is 0.346 e. The fraction of sp³-hybridized carbons (Fsp3) is 0.455. The lowest BCUT2D eigenvalue weighted by Crippen LogP contribution is -2.37. The van der Waals surface area contributed by atoms with Crippen LogP contribution in [0.15, 0.2) is 35.1 Å². The van der Waals surface area contributed by atoms with Gasteiger partial charge in [0, 0.05) is 25.6 Å². The van der Waals surface area contributed by atoms with Gasteiger partial charge in [0.05, 0.1) is 19.3 Å². The summed E-state index contributed by atoms with van der Waals surface area (Å²) in [6.45, 7) is 5.41. The average molecular weight is 425 g/mol. The summed E-state index contributed by atoms with van der Waals surface area (Å²) < 4.78 is 10.2. The molecule has 0 spiro atoms. The van der Waals surface area contributed by atoms with Crippen LogP contribution in [0.25, 0.3) is 0 Å². The number of carbonyl (C=O) groups is 1. The monoisotopic (exact) mass is 424 g/mol. The predicted octanol–water partition coefficient (Wildman–Crippen LogP) is 1.76. The van der Waals surface area contributed by atoms with Crippen LogP contribution in [-0.2, 0) is 26.1 Å². The normalized spacial score (nSPS) is 15.9. The topological polar surface area (TPSA) is 96.0 Å². The van der Waals surface area contributed by atoms with Gasteiger partial charge in [-0.1, -0.05) is 12.1 Å². The van der Waals surface area contributed by atoms with Crippen molar-refractivity contribution < 1.29 is 9.53 Å². The van der Waals surface area contributed by atoms with E-state index in [1.807, 2.05) is 38.1 Å². The molecule has 9 heteroatoms. The Kier molecular flexibility index (Phi) is 5.92. The first-order valence-electron chi connectivity index (χ1n) is 10.6. The summed E-state index contributed by atoms with van der Waals surface area (Å²) in [6.07, 6.45) is 2.06. The van der Waals surface area contributed by atoms with E-state index in [1.54, 1.807) is 22.4 Å².